The maximum Gasteiger partial charge on any atom is 0.241 e. The number of carbonyl (C=O) groups is 4. The van der Waals surface area contributed by atoms with E-state index in [1.54, 1.807) is 30.3 Å². The molecule has 1 N–H and O–H groups in total. The quantitative estimate of drug-likeness (QED) is 0.301. The molecule has 3 aromatic rings. The Labute approximate surface area is 277 Å². The Morgan fingerprint density at radius 1 is 0.809 bits per heavy atom. The zero-order valence-electron chi connectivity index (χ0n) is 25.8. The molecule has 240 valence electrons. The maximum absolute atomic E-state index is 14.5. The molecule has 3 saturated heterocycles. The van der Waals surface area contributed by atoms with Crippen LogP contribution in [0.4, 0.5) is 17.1 Å². The van der Waals surface area contributed by atoms with Crippen LogP contribution in [-0.4, -0.2) is 55.0 Å². The summed E-state index contributed by atoms with van der Waals surface area (Å²) in [5.74, 6) is -4.31. The van der Waals surface area contributed by atoms with Crippen molar-refractivity contribution in [2.24, 2.45) is 29.1 Å². The normalized spacial score (nSPS) is 30.3. The number of carbonyl (C=O) groups excluding carboxylic acids is 4. The second-order valence-electron chi connectivity index (χ2n) is 13.3. The molecule has 0 aromatic heterocycles. The number of ether oxygens (including phenoxy) is 1. The van der Waals surface area contributed by atoms with Crippen molar-refractivity contribution < 1.29 is 29.0 Å². The summed E-state index contributed by atoms with van der Waals surface area (Å²) in [6, 6.07) is 21.0. The van der Waals surface area contributed by atoms with Gasteiger partial charge in [-0.3, -0.25) is 24.1 Å². The molecular formula is C37H34ClN3O6. The summed E-state index contributed by atoms with van der Waals surface area (Å²) in [6.45, 7) is 4.67. The lowest BCUT2D eigenvalue weighted by Gasteiger charge is -2.49. The summed E-state index contributed by atoms with van der Waals surface area (Å²) in [4.78, 5) is 61.9. The first-order chi connectivity index (χ1) is 22.7. The summed E-state index contributed by atoms with van der Waals surface area (Å²) in [7, 11) is 0. The zero-order valence-corrected chi connectivity index (χ0v) is 26.6. The molecule has 10 heteroatoms. The van der Waals surface area contributed by atoms with Gasteiger partial charge >= 0.3 is 0 Å². The van der Waals surface area contributed by atoms with E-state index >= 15 is 0 Å². The summed E-state index contributed by atoms with van der Waals surface area (Å²) in [6.07, 6.45) is 2.59. The van der Waals surface area contributed by atoms with Crippen LogP contribution < -0.4 is 14.7 Å². The number of hydrogen-bond acceptors (Lipinski definition) is 7. The summed E-state index contributed by atoms with van der Waals surface area (Å²) < 4.78 is 5.47. The van der Waals surface area contributed by atoms with Crippen molar-refractivity contribution in [3.05, 3.63) is 95.0 Å². The summed E-state index contributed by atoms with van der Waals surface area (Å²) in [5.41, 5.74) is 2.26. The number of allylic oxidation sites excluding steroid dienone is 2. The van der Waals surface area contributed by atoms with E-state index in [1.165, 1.54) is 21.9 Å². The second kappa shape index (κ2) is 11.1. The molecule has 0 bridgehead atoms. The van der Waals surface area contributed by atoms with Gasteiger partial charge in [-0.05, 0) is 79.8 Å². The van der Waals surface area contributed by atoms with Gasteiger partial charge in [-0.2, -0.15) is 0 Å². The van der Waals surface area contributed by atoms with Crippen LogP contribution in [0.1, 0.15) is 31.2 Å². The predicted molar refractivity (Wildman–Crippen MR) is 176 cm³/mol. The highest BCUT2D eigenvalue weighted by Gasteiger charge is 2.67. The minimum atomic E-state index is -1.20. The number of para-hydroxylation sites is 1. The van der Waals surface area contributed by atoms with Crippen LogP contribution in [0.2, 0.25) is 5.02 Å². The van der Waals surface area contributed by atoms with Crippen LogP contribution in [0.5, 0.6) is 5.75 Å². The fraction of sp³-hybridized carbons (Fsp3) is 0.351. The number of nitrogens with zero attached hydrogens (tertiary/aromatic N) is 3. The molecule has 4 amide bonds. The number of fused-ring (bicyclic) bond motifs is 4. The molecule has 3 heterocycles. The van der Waals surface area contributed by atoms with E-state index in [0.29, 0.717) is 36.6 Å². The smallest absolute Gasteiger partial charge is 0.241 e. The number of imide groups is 2. The first kappa shape index (κ1) is 29.9. The minimum Gasteiger partial charge on any atom is -0.508 e. The largest absolute Gasteiger partial charge is 0.508 e. The van der Waals surface area contributed by atoms with Crippen molar-refractivity contribution in [1.82, 2.24) is 0 Å². The van der Waals surface area contributed by atoms with E-state index in [-0.39, 0.29) is 40.8 Å². The Kier molecular flexibility index (Phi) is 7.04. The van der Waals surface area contributed by atoms with Gasteiger partial charge in [-0.15, -0.1) is 0 Å². The summed E-state index contributed by atoms with van der Waals surface area (Å²) >= 11 is 6.78. The number of amides is 4. The zero-order chi connectivity index (χ0) is 32.6. The van der Waals surface area contributed by atoms with Crippen molar-refractivity contribution in [2.75, 3.05) is 41.0 Å². The average molecular weight is 652 g/mol. The van der Waals surface area contributed by atoms with E-state index in [9.17, 15) is 24.3 Å². The van der Waals surface area contributed by atoms with Crippen LogP contribution >= 0.6 is 11.6 Å². The second-order valence-corrected chi connectivity index (χ2v) is 13.7. The van der Waals surface area contributed by atoms with Crippen LogP contribution in [0.3, 0.4) is 0 Å². The van der Waals surface area contributed by atoms with E-state index in [4.69, 9.17) is 16.3 Å². The molecule has 0 radical (unpaired) electrons. The Hall–Kier alpha value is -4.47. The number of hydrogen-bond donors (Lipinski definition) is 1. The number of rotatable bonds is 4. The van der Waals surface area contributed by atoms with Crippen LogP contribution in [-0.2, 0) is 23.9 Å². The molecule has 1 saturated carbocycles. The Morgan fingerprint density at radius 2 is 1.49 bits per heavy atom. The molecule has 47 heavy (non-hydrogen) atoms. The SMILES string of the molecule is C[C@@]12C(=O)N(c3ccccc3)C(=O)[C@@H]1C[C@@H]1C(=CC[C@@H]3C(=O)N(c4ccc(N5CCOCC5)cc4)C(=O)[C@@H]31)[C@@H]2c1ccc(O)cc1Cl. The van der Waals surface area contributed by atoms with Crippen LogP contribution in [0.25, 0.3) is 0 Å². The molecule has 0 spiro atoms. The van der Waals surface area contributed by atoms with Gasteiger partial charge in [0, 0.05) is 29.7 Å². The third-order valence-corrected chi connectivity index (χ3v) is 11.4. The molecule has 2 aliphatic carbocycles. The molecule has 4 fully saturated rings. The van der Waals surface area contributed by atoms with E-state index in [1.807, 2.05) is 43.3 Å². The third kappa shape index (κ3) is 4.39. The molecule has 9 nitrogen and oxygen atoms in total. The lowest BCUT2D eigenvalue weighted by atomic mass is 9.51. The fourth-order valence-electron chi connectivity index (χ4n) is 8.82. The number of halogens is 1. The predicted octanol–water partition coefficient (Wildman–Crippen LogP) is 5.32. The van der Waals surface area contributed by atoms with Gasteiger partial charge in [0.25, 0.3) is 0 Å². The van der Waals surface area contributed by atoms with Gasteiger partial charge in [0.1, 0.15) is 5.75 Å². The molecule has 5 aliphatic rings. The molecule has 3 aromatic carbocycles. The van der Waals surface area contributed by atoms with E-state index < -0.39 is 35.0 Å². The fourth-order valence-corrected chi connectivity index (χ4v) is 9.11. The Bertz CT molecular complexity index is 1840. The molecule has 0 unspecified atom stereocenters. The lowest BCUT2D eigenvalue weighted by Crippen LogP contribution is -2.49. The summed E-state index contributed by atoms with van der Waals surface area (Å²) in [5, 5.41) is 10.5. The number of benzene rings is 3. The van der Waals surface area contributed by atoms with Crippen LogP contribution in [0, 0.1) is 29.1 Å². The van der Waals surface area contributed by atoms with Gasteiger partial charge in [0.2, 0.25) is 23.6 Å². The van der Waals surface area contributed by atoms with E-state index in [2.05, 4.69) is 4.90 Å². The first-order valence-corrected chi connectivity index (χ1v) is 16.5. The van der Waals surface area contributed by atoms with Crippen molar-refractivity contribution in [1.29, 1.82) is 0 Å². The van der Waals surface area contributed by atoms with Crippen molar-refractivity contribution in [3.63, 3.8) is 0 Å². The topological polar surface area (TPSA) is 107 Å². The van der Waals surface area contributed by atoms with E-state index in [0.717, 1.165) is 24.4 Å². The Balaban J connectivity index is 1.19. The molecule has 6 atom stereocenters. The van der Waals surface area contributed by atoms with Crippen molar-refractivity contribution in [2.45, 2.75) is 25.7 Å². The van der Waals surface area contributed by atoms with Gasteiger partial charge < -0.3 is 14.7 Å². The number of phenolic OH excluding ortho intramolecular Hbond substituents is 1. The van der Waals surface area contributed by atoms with Crippen molar-refractivity contribution >= 4 is 52.3 Å². The number of phenols is 1. The monoisotopic (exact) mass is 651 g/mol. The molecular weight excluding hydrogens is 618 g/mol. The van der Waals surface area contributed by atoms with Crippen LogP contribution in [0.15, 0.2) is 84.4 Å². The lowest BCUT2D eigenvalue weighted by molar-refractivity contribution is -0.131. The highest BCUT2D eigenvalue weighted by molar-refractivity contribution is 6.32. The first-order valence-electron chi connectivity index (χ1n) is 16.1. The molecule has 8 rings (SSSR count). The van der Waals surface area contributed by atoms with Gasteiger partial charge in [-0.1, -0.05) is 47.5 Å². The standard InChI is InChI=1S/C37H34ClN3O6/c1-37-29(34(44)41(36(37)46)22-5-3-2-4-6-22)20-28-25(32(37)26-12-11-24(42)19-30(26)38)13-14-27-31(28)35(45)40(33(27)43)23-9-7-21(8-10-23)39-15-17-47-18-16-39/h2-13,19,27-29,31-32,42H,14-18,20H2,1H3/t27-,28+,29-,31-,32+,37+/m0/s1. The molecule has 3 aliphatic heterocycles. The number of morpholine rings is 1. The number of anilines is 3. The Morgan fingerprint density at radius 3 is 2.19 bits per heavy atom. The maximum atomic E-state index is 14.5. The van der Waals surface area contributed by atoms with Gasteiger partial charge in [0.05, 0.1) is 47.8 Å². The van der Waals surface area contributed by atoms with Gasteiger partial charge in [-0.25, -0.2) is 4.90 Å². The number of aromatic hydroxyl groups is 1. The van der Waals surface area contributed by atoms with Crippen molar-refractivity contribution in [3.8, 4) is 5.75 Å². The highest BCUT2D eigenvalue weighted by atomic mass is 35.5. The third-order valence-electron chi connectivity index (χ3n) is 11.1. The highest BCUT2D eigenvalue weighted by Crippen LogP contribution is 2.64. The minimum absolute atomic E-state index is 0.0166. The van der Waals surface area contributed by atoms with Gasteiger partial charge in [0.15, 0.2) is 0 Å². The average Bonchev–Trinajstić information content (AvgIpc) is 3.45.